The summed E-state index contributed by atoms with van der Waals surface area (Å²) in [6, 6.07) is 24.1. The summed E-state index contributed by atoms with van der Waals surface area (Å²) >= 11 is 0. The number of nitrogens with one attached hydrogen (secondary N) is 1. The number of hydrogen-bond acceptors (Lipinski definition) is 4. The van der Waals surface area contributed by atoms with Crippen molar-refractivity contribution in [2.45, 2.75) is 18.9 Å². The van der Waals surface area contributed by atoms with Crippen molar-refractivity contribution in [2.75, 3.05) is 20.2 Å². The SMILES string of the molecule is COc1ccc([C@H]2CCCN2C(=O)CNC(=O)c2ccc(Oc3ccccc3)cc2)cc1. The van der Waals surface area contributed by atoms with Crippen molar-refractivity contribution in [3.8, 4) is 17.2 Å². The van der Waals surface area contributed by atoms with E-state index in [0.29, 0.717) is 17.9 Å². The van der Waals surface area contributed by atoms with Gasteiger partial charge in [-0.1, -0.05) is 30.3 Å². The molecule has 0 spiro atoms. The second kappa shape index (κ2) is 10.0. The van der Waals surface area contributed by atoms with E-state index < -0.39 is 0 Å². The highest BCUT2D eigenvalue weighted by Gasteiger charge is 2.29. The Kier molecular flexibility index (Phi) is 6.70. The van der Waals surface area contributed by atoms with E-state index in [-0.39, 0.29) is 24.4 Å². The Morgan fingerprint density at radius 3 is 2.25 bits per heavy atom. The van der Waals surface area contributed by atoms with Gasteiger partial charge >= 0.3 is 0 Å². The molecule has 0 radical (unpaired) electrons. The van der Waals surface area contributed by atoms with Crippen LogP contribution in [0.1, 0.15) is 34.8 Å². The van der Waals surface area contributed by atoms with Gasteiger partial charge in [0.2, 0.25) is 5.91 Å². The van der Waals surface area contributed by atoms with Crippen molar-refractivity contribution < 1.29 is 19.1 Å². The van der Waals surface area contributed by atoms with E-state index in [4.69, 9.17) is 9.47 Å². The number of carbonyl (C=O) groups excluding carboxylic acids is 2. The maximum Gasteiger partial charge on any atom is 0.251 e. The summed E-state index contributed by atoms with van der Waals surface area (Å²) in [4.78, 5) is 27.2. The van der Waals surface area contributed by atoms with Crippen molar-refractivity contribution in [3.63, 3.8) is 0 Å². The Bertz CT molecular complexity index is 1050. The summed E-state index contributed by atoms with van der Waals surface area (Å²) in [5.74, 6) is 1.79. The molecule has 1 N–H and O–H groups in total. The minimum absolute atomic E-state index is 0.0275. The molecule has 4 rings (SSSR count). The second-order valence-corrected chi connectivity index (χ2v) is 7.64. The molecule has 1 fully saturated rings. The van der Waals surface area contributed by atoms with Crippen LogP contribution in [0.5, 0.6) is 17.2 Å². The number of hydrogen-bond donors (Lipinski definition) is 1. The van der Waals surface area contributed by atoms with Gasteiger partial charge < -0.3 is 19.7 Å². The van der Waals surface area contributed by atoms with Gasteiger partial charge in [-0.05, 0) is 66.9 Å². The van der Waals surface area contributed by atoms with Gasteiger partial charge in [-0.2, -0.15) is 0 Å². The van der Waals surface area contributed by atoms with Gasteiger partial charge in [0.15, 0.2) is 0 Å². The number of likely N-dealkylation sites (tertiary alicyclic amines) is 1. The van der Waals surface area contributed by atoms with Crippen LogP contribution in [0.3, 0.4) is 0 Å². The van der Waals surface area contributed by atoms with Crippen molar-refractivity contribution in [3.05, 3.63) is 90.0 Å². The smallest absolute Gasteiger partial charge is 0.251 e. The van der Waals surface area contributed by atoms with Gasteiger partial charge in [-0.3, -0.25) is 9.59 Å². The molecule has 1 saturated heterocycles. The van der Waals surface area contributed by atoms with E-state index in [1.165, 1.54) is 0 Å². The number of ether oxygens (including phenoxy) is 2. The van der Waals surface area contributed by atoms with Crippen LogP contribution in [0.2, 0.25) is 0 Å². The van der Waals surface area contributed by atoms with E-state index in [0.717, 1.165) is 29.9 Å². The fourth-order valence-electron chi connectivity index (χ4n) is 3.90. The zero-order valence-electron chi connectivity index (χ0n) is 18.0. The summed E-state index contributed by atoms with van der Waals surface area (Å²) < 4.78 is 11.0. The van der Waals surface area contributed by atoms with Crippen LogP contribution in [0.15, 0.2) is 78.9 Å². The predicted molar refractivity (Wildman–Crippen MR) is 122 cm³/mol. The summed E-state index contributed by atoms with van der Waals surface area (Å²) in [5.41, 5.74) is 1.56. The second-order valence-electron chi connectivity index (χ2n) is 7.64. The molecule has 164 valence electrons. The number of methoxy groups -OCH3 is 1. The molecule has 0 bridgehead atoms. The Morgan fingerprint density at radius 1 is 0.906 bits per heavy atom. The third kappa shape index (κ3) is 5.09. The minimum atomic E-state index is -0.287. The normalized spacial score (nSPS) is 15.3. The Balaban J connectivity index is 1.32. The molecule has 1 aliphatic rings. The number of rotatable bonds is 7. The number of para-hydroxylation sites is 1. The van der Waals surface area contributed by atoms with Crippen LogP contribution < -0.4 is 14.8 Å². The molecule has 6 nitrogen and oxygen atoms in total. The maximum absolute atomic E-state index is 12.8. The summed E-state index contributed by atoms with van der Waals surface area (Å²) in [6.07, 6.45) is 1.86. The molecule has 1 heterocycles. The number of benzene rings is 3. The van der Waals surface area contributed by atoms with Crippen molar-refractivity contribution in [2.24, 2.45) is 0 Å². The largest absolute Gasteiger partial charge is 0.497 e. The fourth-order valence-corrected chi connectivity index (χ4v) is 3.90. The quantitative estimate of drug-likeness (QED) is 0.596. The van der Waals surface area contributed by atoms with Gasteiger partial charge in [0, 0.05) is 12.1 Å². The van der Waals surface area contributed by atoms with Crippen LogP contribution in [0.25, 0.3) is 0 Å². The zero-order chi connectivity index (χ0) is 22.3. The maximum atomic E-state index is 12.8. The topological polar surface area (TPSA) is 67.9 Å². The predicted octanol–water partition coefficient (Wildman–Crippen LogP) is 4.58. The molecule has 3 aromatic carbocycles. The third-order valence-corrected chi connectivity index (χ3v) is 5.57. The lowest BCUT2D eigenvalue weighted by Crippen LogP contribution is -2.39. The molecule has 3 aromatic rings. The highest BCUT2D eigenvalue weighted by atomic mass is 16.5. The average Bonchev–Trinajstić information content (AvgIpc) is 3.34. The van der Waals surface area contributed by atoms with Gasteiger partial charge in [0.05, 0.1) is 19.7 Å². The Labute approximate surface area is 187 Å². The standard InChI is InChI=1S/C26H26N2O4/c1-31-21-13-9-19(10-14-21)24-8-5-17-28(24)25(29)18-27-26(30)20-11-15-23(16-12-20)32-22-6-3-2-4-7-22/h2-4,6-7,9-16,24H,5,8,17-18H2,1H3,(H,27,30)/t24-/m1/s1. The van der Waals surface area contributed by atoms with Crippen molar-refractivity contribution in [1.29, 1.82) is 0 Å². The van der Waals surface area contributed by atoms with Gasteiger partial charge in [0.1, 0.15) is 17.2 Å². The van der Waals surface area contributed by atoms with E-state index in [9.17, 15) is 9.59 Å². The highest BCUT2D eigenvalue weighted by Crippen LogP contribution is 2.32. The van der Waals surface area contributed by atoms with Crippen LogP contribution in [0.4, 0.5) is 0 Å². The van der Waals surface area contributed by atoms with E-state index in [2.05, 4.69) is 5.32 Å². The average molecular weight is 431 g/mol. The monoisotopic (exact) mass is 430 g/mol. The van der Waals surface area contributed by atoms with Crippen molar-refractivity contribution in [1.82, 2.24) is 10.2 Å². The molecule has 1 aliphatic heterocycles. The summed E-state index contributed by atoms with van der Waals surface area (Å²) in [7, 11) is 1.63. The zero-order valence-corrected chi connectivity index (χ0v) is 18.0. The molecule has 32 heavy (non-hydrogen) atoms. The lowest BCUT2D eigenvalue weighted by atomic mass is 10.0. The van der Waals surface area contributed by atoms with Gasteiger partial charge in [-0.15, -0.1) is 0 Å². The third-order valence-electron chi connectivity index (χ3n) is 5.57. The number of amides is 2. The minimum Gasteiger partial charge on any atom is -0.497 e. The highest BCUT2D eigenvalue weighted by molar-refractivity contribution is 5.96. The van der Waals surface area contributed by atoms with Gasteiger partial charge in [0.25, 0.3) is 5.91 Å². The lowest BCUT2D eigenvalue weighted by molar-refractivity contribution is -0.131. The molecular formula is C26H26N2O4. The molecule has 0 aliphatic carbocycles. The molecular weight excluding hydrogens is 404 g/mol. The van der Waals surface area contributed by atoms with Crippen LogP contribution >= 0.6 is 0 Å². The molecule has 2 amide bonds. The molecule has 6 heteroatoms. The first-order chi connectivity index (χ1) is 15.6. The molecule has 0 saturated carbocycles. The molecule has 0 unspecified atom stereocenters. The first-order valence-corrected chi connectivity index (χ1v) is 10.7. The fraction of sp³-hybridized carbons (Fsp3) is 0.231. The van der Waals surface area contributed by atoms with E-state index in [1.54, 1.807) is 31.4 Å². The summed E-state index contributed by atoms with van der Waals surface area (Å²) in [6.45, 7) is 0.657. The Morgan fingerprint density at radius 2 is 1.56 bits per heavy atom. The lowest BCUT2D eigenvalue weighted by Gasteiger charge is -2.25. The number of carbonyl (C=O) groups is 2. The first-order valence-electron chi connectivity index (χ1n) is 10.7. The molecule has 1 atom stereocenters. The number of nitrogens with zero attached hydrogens (tertiary/aromatic N) is 1. The summed E-state index contributed by atoms with van der Waals surface area (Å²) in [5, 5.41) is 2.74. The van der Waals surface area contributed by atoms with Crippen molar-refractivity contribution >= 4 is 11.8 Å². The molecule has 0 aromatic heterocycles. The van der Waals surface area contributed by atoms with E-state index >= 15 is 0 Å². The van der Waals surface area contributed by atoms with Gasteiger partial charge in [-0.25, -0.2) is 0 Å². The van der Waals surface area contributed by atoms with Crippen LogP contribution in [-0.2, 0) is 4.79 Å². The first kappa shape index (κ1) is 21.4. The Hall–Kier alpha value is -3.80. The van der Waals surface area contributed by atoms with Crippen LogP contribution in [-0.4, -0.2) is 36.9 Å². The van der Waals surface area contributed by atoms with Crippen LogP contribution in [0, 0.1) is 0 Å². The van der Waals surface area contributed by atoms with E-state index in [1.807, 2.05) is 59.5 Å².